The van der Waals surface area contributed by atoms with Gasteiger partial charge in [0.2, 0.25) is 11.8 Å². The number of likely N-dealkylation sites (tertiary alicyclic amines) is 2. The number of rotatable bonds is 2. The van der Waals surface area contributed by atoms with Crippen molar-refractivity contribution in [2.75, 3.05) is 20.1 Å². The van der Waals surface area contributed by atoms with Crippen molar-refractivity contribution in [3.05, 3.63) is 16.1 Å². The Labute approximate surface area is 148 Å². The highest BCUT2D eigenvalue weighted by Crippen LogP contribution is 2.36. The van der Waals surface area contributed by atoms with Crippen LogP contribution in [0.2, 0.25) is 0 Å². The molecule has 2 fully saturated rings. The number of amides is 2. The minimum absolute atomic E-state index is 0.0266. The van der Waals surface area contributed by atoms with E-state index in [4.69, 9.17) is 4.98 Å². The van der Waals surface area contributed by atoms with E-state index in [1.165, 1.54) is 0 Å². The lowest BCUT2D eigenvalue weighted by Crippen LogP contribution is -2.42. The summed E-state index contributed by atoms with van der Waals surface area (Å²) < 4.78 is 0. The molecule has 1 aromatic rings. The molecule has 0 aromatic carbocycles. The average Bonchev–Trinajstić information content (AvgIpc) is 3.14. The highest BCUT2D eigenvalue weighted by molar-refractivity contribution is 7.09. The maximum absolute atomic E-state index is 13.0. The van der Waals surface area contributed by atoms with E-state index >= 15 is 0 Å². The molecule has 2 saturated heterocycles. The van der Waals surface area contributed by atoms with Crippen LogP contribution in [0.25, 0.3) is 0 Å². The van der Waals surface area contributed by atoms with Crippen LogP contribution in [-0.2, 0) is 15.0 Å². The van der Waals surface area contributed by atoms with E-state index in [2.05, 4.69) is 26.2 Å². The van der Waals surface area contributed by atoms with Gasteiger partial charge in [-0.05, 0) is 19.3 Å². The van der Waals surface area contributed by atoms with Gasteiger partial charge in [-0.15, -0.1) is 11.3 Å². The molecule has 0 spiro atoms. The van der Waals surface area contributed by atoms with Crippen LogP contribution in [0.1, 0.15) is 63.2 Å². The molecule has 0 bridgehead atoms. The van der Waals surface area contributed by atoms with Gasteiger partial charge < -0.3 is 9.80 Å². The van der Waals surface area contributed by atoms with Crippen LogP contribution >= 0.6 is 11.3 Å². The van der Waals surface area contributed by atoms with Crippen molar-refractivity contribution in [3.63, 3.8) is 0 Å². The van der Waals surface area contributed by atoms with Crippen molar-refractivity contribution in [2.45, 2.75) is 57.9 Å². The van der Waals surface area contributed by atoms with Crippen LogP contribution in [-0.4, -0.2) is 46.7 Å². The number of piperidine rings is 1. The Morgan fingerprint density at radius 3 is 2.67 bits per heavy atom. The number of hydrogen-bond acceptors (Lipinski definition) is 4. The summed E-state index contributed by atoms with van der Waals surface area (Å²) in [5, 5.41) is 3.17. The first-order chi connectivity index (χ1) is 11.3. The van der Waals surface area contributed by atoms with E-state index in [0.717, 1.165) is 36.5 Å². The van der Waals surface area contributed by atoms with Crippen LogP contribution in [0.15, 0.2) is 5.38 Å². The van der Waals surface area contributed by atoms with Crippen molar-refractivity contribution in [1.29, 1.82) is 0 Å². The molecular formula is C18H27N3O2S. The number of aromatic nitrogens is 1. The van der Waals surface area contributed by atoms with Crippen LogP contribution in [0.4, 0.5) is 0 Å². The number of nitrogens with zero attached hydrogens (tertiary/aromatic N) is 3. The van der Waals surface area contributed by atoms with Gasteiger partial charge in [0.15, 0.2) is 0 Å². The fourth-order valence-electron chi connectivity index (χ4n) is 3.50. The van der Waals surface area contributed by atoms with E-state index in [1.54, 1.807) is 23.3 Å². The van der Waals surface area contributed by atoms with E-state index in [9.17, 15) is 9.59 Å². The van der Waals surface area contributed by atoms with Gasteiger partial charge in [-0.1, -0.05) is 20.8 Å². The van der Waals surface area contributed by atoms with Crippen LogP contribution < -0.4 is 0 Å². The normalized spacial score (nSPS) is 25.4. The maximum Gasteiger partial charge on any atom is 0.228 e. The summed E-state index contributed by atoms with van der Waals surface area (Å²) in [6.45, 7) is 7.81. The van der Waals surface area contributed by atoms with E-state index in [-0.39, 0.29) is 29.2 Å². The van der Waals surface area contributed by atoms with Gasteiger partial charge in [0.1, 0.15) is 5.01 Å². The Balaban J connectivity index is 1.80. The Kier molecular flexibility index (Phi) is 4.69. The standard InChI is InChI=1S/C18H27N3O2S/c1-18(2,3)14-11-24-16(19-14)13-7-5-6-8-21(13)17(23)12-9-15(22)20(4)10-12/h11-13H,5-10H2,1-4H3. The van der Waals surface area contributed by atoms with Crippen molar-refractivity contribution < 1.29 is 9.59 Å². The highest BCUT2D eigenvalue weighted by atomic mass is 32.1. The zero-order valence-corrected chi connectivity index (χ0v) is 15.9. The second-order valence-electron chi connectivity index (χ2n) is 8.04. The molecule has 24 heavy (non-hydrogen) atoms. The molecule has 2 atom stereocenters. The molecule has 1 aromatic heterocycles. The fourth-order valence-corrected chi connectivity index (χ4v) is 4.69. The molecule has 0 radical (unpaired) electrons. The monoisotopic (exact) mass is 349 g/mol. The third-order valence-corrected chi connectivity index (χ3v) is 6.00. The van der Waals surface area contributed by atoms with Gasteiger partial charge in [0.25, 0.3) is 0 Å². The van der Waals surface area contributed by atoms with Crippen LogP contribution in [0, 0.1) is 5.92 Å². The minimum atomic E-state index is -0.190. The first kappa shape index (κ1) is 17.4. The predicted molar refractivity (Wildman–Crippen MR) is 94.9 cm³/mol. The van der Waals surface area contributed by atoms with Gasteiger partial charge in [-0.3, -0.25) is 9.59 Å². The number of thiazole rings is 1. The van der Waals surface area contributed by atoms with Gasteiger partial charge in [0.05, 0.1) is 17.7 Å². The van der Waals surface area contributed by atoms with Crippen molar-refractivity contribution in [3.8, 4) is 0 Å². The SMILES string of the molecule is CN1CC(C(=O)N2CCCCC2c2nc(C(C)(C)C)cs2)CC1=O. The second-order valence-corrected chi connectivity index (χ2v) is 8.93. The van der Waals surface area contributed by atoms with E-state index < -0.39 is 0 Å². The van der Waals surface area contributed by atoms with Crippen molar-refractivity contribution >= 4 is 23.2 Å². The third kappa shape index (κ3) is 3.34. The lowest BCUT2D eigenvalue weighted by molar-refractivity contribution is -0.139. The van der Waals surface area contributed by atoms with E-state index in [0.29, 0.717) is 13.0 Å². The molecule has 0 N–H and O–H groups in total. The van der Waals surface area contributed by atoms with Crippen LogP contribution in [0.3, 0.4) is 0 Å². The number of hydrogen-bond donors (Lipinski definition) is 0. The lowest BCUT2D eigenvalue weighted by Gasteiger charge is -2.36. The molecule has 0 aliphatic carbocycles. The van der Waals surface area contributed by atoms with Gasteiger partial charge in [0, 0.05) is 37.4 Å². The first-order valence-corrected chi connectivity index (χ1v) is 9.65. The van der Waals surface area contributed by atoms with Crippen molar-refractivity contribution in [2.24, 2.45) is 5.92 Å². The first-order valence-electron chi connectivity index (χ1n) is 8.77. The molecule has 2 unspecified atom stereocenters. The van der Waals surface area contributed by atoms with Gasteiger partial charge in [-0.2, -0.15) is 0 Å². The highest BCUT2D eigenvalue weighted by Gasteiger charge is 2.39. The summed E-state index contributed by atoms with van der Waals surface area (Å²) in [7, 11) is 1.78. The lowest BCUT2D eigenvalue weighted by atomic mass is 9.93. The Morgan fingerprint density at radius 1 is 1.33 bits per heavy atom. The summed E-state index contributed by atoms with van der Waals surface area (Å²) in [6, 6.07) is 0.0772. The molecule has 5 nitrogen and oxygen atoms in total. The van der Waals surface area contributed by atoms with Crippen LogP contribution in [0.5, 0.6) is 0 Å². The average molecular weight is 350 g/mol. The number of carbonyl (C=O) groups is 2. The van der Waals surface area contributed by atoms with Crippen molar-refractivity contribution in [1.82, 2.24) is 14.8 Å². The summed E-state index contributed by atoms with van der Waals surface area (Å²) in [6.07, 6.45) is 3.49. The molecule has 3 heterocycles. The summed E-state index contributed by atoms with van der Waals surface area (Å²) in [4.78, 5) is 33.3. The zero-order valence-electron chi connectivity index (χ0n) is 15.0. The molecular weight excluding hydrogens is 322 g/mol. The Hall–Kier alpha value is -1.43. The molecule has 2 amide bonds. The molecule has 132 valence electrons. The Morgan fingerprint density at radius 2 is 2.08 bits per heavy atom. The summed E-state index contributed by atoms with van der Waals surface area (Å²) in [5.41, 5.74) is 1.12. The minimum Gasteiger partial charge on any atom is -0.345 e. The zero-order chi connectivity index (χ0) is 17.5. The summed E-state index contributed by atoms with van der Waals surface area (Å²) >= 11 is 1.67. The maximum atomic E-state index is 13.0. The quantitative estimate of drug-likeness (QED) is 0.825. The third-order valence-electron chi connectivity index (χ3n) is 5.05. The van der Waals surface area contributed by atoms with Gasteiger partial charge >= 0.3 is 0 Å². The number of carbonyl (C=O) groups excluding carboxylic acids is 2. The molecule has 2 aliphatic rings. The Bertz CT molecular complexity index is 634. The van der Waals surface area contributed by atoms with E-state index in [1.807, 2.05) is 4.90 Å². The fraction of sp³-hybridized carbons (Fsp3) is 0.722. The molecule has 6 heteroatoms. The predicted octanol–water partition coefficient (Wildman–Crippen LogP) is 2.97. The topological polar surface area (TPSA) is 53.5 Å². The molecule has 0 saturated carbocycles. The summed E-state index contributed by atoms with van der Waals surface area (Å²) in [5.74, 6) is 0.0150. The largest absolute Gasteiger partial charge is 0.345 e. The smallest absolute Gasteiger partial charge is 0.228 e. The second kappa shape index (κ2) is 6.47. The molecule has 2 aliphatic heterocycles. The van der Waals surface area contributed by atoms with Gasteiger partial charge in [-0.25, -0.2) is 4.98 Å². The molecule has 3 rings (SSSR count).